The van der Waals surface area contributed by atoms with Crippen LogP contribution < -0.4 is 0 Å². The third-order valence-electron chi connectivity index (χ3n) is 6.66. The van der Waals surface area contributed by atoms with Crippen LogP contribution in [0.4, 0.5) is 0 Å². The highest BCUT2D eigenvalue weighted by Crippen LogP contribution is 2.34. The molecule has 0 aliphatic carbocycles. The lowest BCUT2D eigenvalue weighted by Crippen LogP contribution is -1.95. The smallest absolute Gasteiger partial charge is 0.00196 e. The van der Waals surface area contributed by atoms with Crippen LogP contribution in [0.2, 0.25) is 0 Å². The Bertz CT molecular complexity index is 1360. The molecule has 0 aliphatic rings. The first-order valence-corrected chi connectivity index (χ1v) is 12.0. The van der Waals surface area contributed by atoms with Crippen molar-refractivity contribution in [2.75, 3.05) is 0 Å². The predicted molar refractivity (Wildman–Crippen MR) is 149 cm³/mol. The Hall–Kier alpha value is -3.64. The average Bonchev–Trinajstić information content (AvgIpc) is 2.83. The summed E-state index contributed by atoms with van der Waals surface area (Å²) in [5.74, 6) is 0. The zero-order valence-electron chi connectivity index (χ0n) is 21.1. The second kappa shape index (κ2) is 10.1. The van der Waals surface area contributed by atoms with Crippen LogP contribution in [0.3, 0.4) is 0 Å². The van der Waals surface area contributed by atoms with Gasteiger partial charge in [-0.25, -0.2) is 0 Å². The number of hydrogen-bond acceptors (Lipinski definition) is 0. The molecule has 0 N–H and O–H groups in total. The zero-order valence-corrected chi connectivity index (χ0v) is 21.1. The molecule has 4 aromatic rings. The van der Waals surface area contributed by atoms with Gasteiger partial charge in [0.1, 0.15) is 0 Å². The fraction of sp³-hybridized carbons (Fsp3) is 0.176. The fourth-order valence-electron chi connectivity index (χ4n) is 4.63. The highest BCUT2D eigenvalue weighted by atomic mass is 14.2. The molecular weight excluding hydrogens is 408 g/mol. The molecule has 4 aromatic carbocycles. The van der Waals surface area contributed by atoms with E-state index < -0.39 is 0 Å². The van der Waals surface area contributed by atoms with Gasteiger partial charge in [0, 0.05) is 0 Å². The Kier molecular flexibility index (Phi) is 6.98. The number of hydrogen-bond donors (Lipinski definition) is 0. The summed E-state index contributed by atoms with van der Waals surface area (Å²) in [7, 11) is 0. The molecule has 0 bridgehead atoms. The van der Waals surface area contributed by atoms with Crippen LogP contribution in [0.15, 0.2) is 103 Å². The van der Waals surface area contributed by atoms with Gasteiger partial charge in [-0.2, -0.15) is 0 Å². The third kappa shape index (κ3) is 4.97. The van der Waals surface area contributed by atoms with Gasteiger partial charge in [-0.05, 0) is 109 Å². The topological polar surface area (TPSA) is 0 Å². The summed E-state index contributed by atoms with van der Waals surface area (Å²) in [6.45, 7) is 14.9. The minimum Gasteiger partial charge on any atom is -0.0985 e. The van der Waals surface area contributed by atoms with Crippen LogP contribution in [-0.2, 0) is 6.42 Å². The Morgan fingerprint density at radius 1 is 0.706 bits per heavy atom. The highest BCUT2D eigenvalue weighted by molar-refractivity contribution is 5.83. The Balaban J connectivity index is 1.79. The van der Waals surface area contributed by atoms with Crippen molar-refractivity contribution in [3.8, 4) is 22.3 Å². The van der Waals surface area contributed by atoms with E-state index in [1.165, 1.54) is 66.8 Å². The van der Waals surface area contributed by atoms with Crippen LogP contribution in [0.5, 0.6) is 0 Å². The summed E-state index contributed by atoms with van der Waals surface area (Å²) < 4.78 is 0. The number of allylic oxidation sites excluding steroid dienone is 3. The molecule has 0 radical (unpaired) electrons. The van der Waals surface area contributed by atoms with Crippen molar-refractivity contribution in [3.05, 3.63) is 137 Å². The van der Waals surface area contributed by atoms with Gasteiger partial charge in [-0.3, -0.25) is 0 Å². The third-order valence-corrected chi connectivity index (χ3v) is 6.66. The summed E-state index contributed by atoms with van der Waals surface area (Å²) in [6, 6.07) is 31.3. The second-order valence-corrected chi connectivity index (χ2v) is 9.50. The molecule has 4 rings (SSSR count). The van der Waals surface area contributed by atoms with E-state index in [0.717, 1.165) is 6.42 Å². The maximum Gasteiger partial charge on any atom is -0.00196 e. The fourth-order valence-corrected chi connectivity index (χ4v) is 4.63. The van der Waals surface area contributed by atoms with Crippen molar-refractivity contribution >= 4 is 5.57 Å². The van der Waals surface area contributed by atoms with E-state index in [9.17, 15) is 0 Å². The van der Waals surface area contributed by atoms with Crippen molar-refractivity contribution in [2.45, 2.75) is 41.0 Å². The van der Waals surface area contributed by atoms with E-state index >= 15 is 0 Å². The van der Waals surface area contributed by atoms with Gasteiger partial charge in [0.05, 0.1) is 0 Å². The van der Waals surface area contributed by atoms with Crippen molar-refractivity contribution < 1.29 is 0 Å². The molecule has 0 amide bonds. The molecular formula is C34H34. The molecule has 0 heterocycles. The van der Waals surface area contributed by atoms with Gasteiger partial charge >= 0.3 is 0 Å². The monoisotopic (exact) mass is 442 g/mol. The first-order chi connectivity index (χ1) is 16.4. The standard InChI is InChI=1S/C34H34/c1-7-31(23(2)3)33-21-28(18-14-25(33)5)29-19-15-26(6)34(22-29)32-11-9-8-10-30(32)20-27-16-12-24(4)13-17-27/h7-19,21-22H,1,20H2,2-6H3. The van der Waals surface area contributed by atoms with Crippen LogP contribution in [-0.4, -0.2) is 0 Å². The van der Waals surface area contributed by atoms with Crippen LogP contribution in [0.25, 0.3) is 27.8 Å². The quantitative estimate of drug-likeness (QED) is 0.261. The van der Waals surface area contributed by atoms with Crippen molar-refractivity contribution in [1.29, 1.82) is 0 Å². The van der Waals surface area contributed by atoms with Crippen LogP contribution >= 0.6 is 0 Å². The molecule has 0 fully saturated rings. The molecule has 0 saturated carbocycles. The van der Waals surface area contributed by atoms with Gasteiger partial charge in [-0.15, -0.1) is 0 Å². The van der Waals surface area contributed by atoms with Gasteiger partial charge in [0.15, 0.2) is 0 Å². The van der Waals surface area contributed by atoms with Crippen LogP contribution in [0.1, 0.15) is 47.2 Å². The second-order valence-electron chi connectivity index (χ2n) is 9.50. The molecule has 34 heavy (non-hydrogen) atoms. The lowest BCUT2D eigenvalue weighted by molar-refractivity contribution is 1.19. The number of aryl methyl sites for hydroxylation is 3. The maximum atomic E-state index is 4.06. The van der Waals surface area contributed by atoms with E-state index in [4.69, 9.17) is 0 Å². The minimum atomic E-state index is 0.929. The predicted octanol–water partition coefficient (Wildman–Crippen LogP) is 9.52. The average molecular weight is 443 g/mol. The van der Waals surface area contributed by atoms with Crippen LogP contribution in [0, 0.1) is 20.8 Å². The molecule has 0 saturated heterocycles. The maximum absolute atomic E-state index is 4.06. The molecule has 0 unspecified atom stereocenters. The minimum absolute atomic E-state index is 0.929. The summed E-state index contributed by atoms with van der Waals surface area (Å²) in [5, 5.41) is 0. The Morgan fingerprint density at radius 3 is 2.03 bits per heavy atom. The summed E-state index contributed by atoms with van der Waals surface area (Å²) in [4.78, 5) is 0. The molecule has 0 nitrogen and oxygen atoms in total. The van der Waals surface area contributed by atoms with Crippen molar-refractivity contribution in [2.24, 2.45) is 0 Å². The van der Waals surface area contributed by atoms with Gasteiger partial charge < -0.3 is 0 Å². The van der Waals surface area contributed by atoms with E-state index in [1.807, 2.05) is 6.08 Å². The summed E-state index contributed by atoms with van der Waals surface area (Å²) >= 11 is 0. The van der Waals surface area contributed by atoms with Gasteiger partial charge in [0.2, 0.25) is 0 Å². The Labute approximate surface area is 205 Å². The molecule has 0 aliphatic heterocycles. The molecule has 170 valence electrons. The van der Waals surface area contributed by atoms with E-state index in [-0.39, 0.29) is 0 Å². The van der Waals surface area contributed by atoms with Gasteiger partial charge in [-0.1, -0.05) is 96.6 Å². The molecule has 0 spiro atoms. The zero-order chi connectivity index (χ0) is 24.2. The van der Waals surface area contributed by atoms with Gasteiger partial charge in [0.25, 0.3) is 0 Å². The van der Waals surface area contributed by atoms with E-state index in [2.05, 4.69) is 126 Å². The highest BCUT2D eigenvalue weighted by Gasteiger charge is 2.12. The molecule has 0 aromatic heterocycles. The lowest BCUT2D eigenvalue weighted by atomic mass is 9.89. The van der Waals surface area contributed by atoms with Crippen molar-refractivity contribution in [1.82, 2.24) is 0 Å². The largest absolute Gasteiger partial charge is 0.0985 e. The Morgan fingerprint density at radius 2 is 1.35 bits per heavy atom. The van der Waals surface area contributed by atoms with Crippen molar-refractivity contribution in [3.63, 3.8) is 0 Å². The molecule has 0 heteroatoms. The molecule has 0 atom stereocenters. The normalized spacial score (nSPS) is 10.7. The van der Waals surface area contributed by atoms with E-state index in [0.29, 0.717) is 0 Å². The SMILES string of the molecule is C=CC(=C(C)C)c1cc(-c2ccc(C)c(-c3ccccc3Cc3ccc(C)cc3)c2)ccc1C. The number of rotatable bonds is 6. The lowest BCUT2D eigenvalue weighted by Gasteiger charge is -2.16. The number of benzene rings is 4. The first kappa shape index (κ1) is 23.5. The summed E-state index contributed by atoms with van der Waals surface area (Å²) in [6.07, 6.45) is 2.90. The summed E-state index contributed by atoms with van der Waals surface area (Å²) in [5.41, 5.74) is 15.4. The van der Waals surface area contributed by atoms with E-state index in [1.54, 1.807) is 0 Å². The first-order valence-electron chi connectivity index (χ1n) is 12.0.